The number of nitrogens with one attached hydrogen (secondary N) is 1. The van der Waals surface area contributed by atoms with Crippen molar-refractivity contribution in [1.82, 2.24) is 4.98 Å². The number of thiophene rings is 1. The minimum Gasteiger partial charge on any atom is -0.353 e. The van der Waals surface area contributed by atoms with Gasteiger partial charge in [-0.05, 0) is 11.4 Å². The van der Waals surface area contributed by atoms with Crippen LogP contribution in [0.2, 0.25) is 0 Å². The monoisotopic (exact) mass is 201 g/mol. The second-order valence-corrected chi connectivity index (χ2v) is 3.47. The summed E-state index contributed by atoms with van der Waals surface area (Å²) in [4.78, 5) is 13.7. The molecule has 2 heterocycles. The van der Waals surface area contributed by atoms with Gasteiger partial charge in [-0.2, -0.15) is 0 Å². The van der Waals surface area contributed by atoms with Crippen LogP contribution in [0.1, 0.15) is 12.1 Å². The second-order valence-electron chi connectivity index (χ2n) is 2.55. The van der Waals surface area contributed by atoms with E-state index in [2.05, 4.69) is 4.98 Å². The van der Waals surface area contributed by atoms with Crippen LogP contribution < -0.4 is 5.43 Å². The van der Waals surface area contributed by atoms with E-state index in [0.717, 1.165) is 6.07 Å². The van der Waals surface area contributed by atoms with E-state index >= 15 is 0 Å². The lowest BCUT2D eigenvalue weighted by molar-refractivity contribution is 0.146. The van der Waals surface area contributed by atoms with Gasteiger partial charge in [0.1, 0.15) is 0 Å². The van der Waals surface area contributed by atoms with Crippen LogP contribution in [-0.4, -0.2) is 4.98 Å². The predicted octanol–water partition coefficient (Wildman–Crippen LogP) is 2.53. The molecule has 5 heteroatoms. The first-order valence-corrected chi connectivity index (χ1v) is 4.45. The van der Waals surface area contributed by atoms with Crippen molar-refractivity contribution in [2.45, 2.75) is 6.43 Å². The topological polar surface area (TPSA) is 32.9 Å². The van der Waals surface area contributed by atoms with E-state index in [1.54, 1.807) is 11.4 Å². The van der Waals surface area contributed by atoms with Crippen LogP contribution in [0.25, 0.3) is 10.2 Å². The molecule has 0 amide bonds. The molecule has 2 aromatic rings. The minimum atomic E-state index is -2.63. The van der Waals surface area contributed by atoms with E-state index in [4.69, 9.17) is 0 Å². The van der Waals surface area contributed by atoms with Crippen LogP contribution in [0.3, 0.4) is 0 Å². The lowest BCUT2D eigenvalue weighted by atomic mass is 10.3. The third-order valence-electron chi connectivity index (χ3n) is 1.69. The summed E-state index contributed by atoms with van der Waals surface area (Å²) in [6.07, 6.45) is -2.63. The first-order valence-electron chi connectivity index (χ1n) is 3.57. The van der Waals surface area contributed by atoms with Crippen molar-refractivity contribution in [3.8, 4) is 0 Å². The fraction of sp³-hybridized carbons (Fsp3) is 0.125. The maximum Gasteiger partial charge on any atom is 0.278 e. The Balaban J connectivity index is 2.77. The molecule has 68 valence electrons. The van der Waals surface area contributed by atoms with Crippen LogP contribution in [0, 0.1) is 0 Å². The molecule has 13 heavy (non-hydrogen) atoms. The molecule has 0 aliphatic carbocycles. The molecule has 0 aliphatic heterocycles. The molecular formula is C8H5F2NOS. The fourth-order valence-electron chi connectivity index (χ4n) is 1.11. The van der Waals surface area contributed by atoms with Gasteiger partial charge in [0.2, 0.25) is 0 Å². The Labute approximate surface area is 75.8 Å². The summed E-state index contributed by atoms with van der Waals surface area (Å²) in [7, 11) is 0. The van der Waals surface area contributed by atoms with E-state index in [9.17, 15) is 13.6 Å². The van der Waals surface area contributed by atoms with E-state index in [1.807, 2.05) is 0 Å². The van der Waals surface area contributed by atoms with E-state index < -0.39 is 6.43 Å². The highest BCUT2D eigenvalue weighted by atomic mass is 32.1. The number of aromatic amines is 1. The fourth-order valence-corrected chi connectivity index (χ4v) is 1.88. The van der Waals surface area contributed by atoms with Gasteiger partial charge in [0.05, 0.1) is 15.9 Å². The number of hydrogen-bond acceptors (Lipinski definition) is 2. The minimum absolute atomic E-state index is 0.323. The standard InChI is InChI=1S/C8H5F2NOS/c9-8(10)5-3-6(12)7-4(11-5)1-2-13-7/h1-3,8H,(H,11,12). The Morgan fingerprint density at radius 2 is 2.23 bits per heavy atom. The summed E-state index contributed by atoms with van der Waals surface area (Å²) in [5.74, 6) is 0. The third kappa shape index (κ3) is 1.35. The van der Waals surface area contributed by atoms with E-state index in [-0.39, 0.29) is 11.1 Å². The molecule has 0 spiro atoms. The molecule has 0 unspecified atom stereocenters. The molecule has 1 N–H and O–H groups in total. The van der Waals surface area contributed by atoms with Gasteiger partial charge in [-0.25, -0.2) is 8.78 Å². The van der Waals surface area contributed by atoms with Gasteiger partial charge in [0.15, 0.2) is 5.43 Å². The molecule has 2 rings (SSSR count). The van der Waals surface area contributed by atoms with Gasteiger partial charge in [-0.1, -0.05) is 0 Å². The normalized spacial score (nSPS) is 11.3. The number of hydrogen-bond donors (Lipinski definition) is 1. The Kier molecular flexibility index (Phi) is 1.88. The molecule has 2 nitrogen and oxygen atoms in total. The number of rotatable bonds is 1. The summed E-state index contributed by atoms with van der Waals surface area (Å²) < 4.78 is 24.9. The molecule has 0 aromatic carbocycles. The zero-order valence-corrected chi connectivity index (χ0v) is 7.20. The molecule has 0 radical (unpaired) electrons. The summed E-state index contributed by atoms with van der Waals surface area (Å²) in [5.41, 5.74) is -0.192. The molecule has 0 fully saturated rings. The summed E-state index contributed by atoms with van der Waals surface area (Å²) in [5, 5.41) is 1.69. The first-order chi connectivity index (χ1) is 6.18. The average Bonchev–Trinajstić information content (AvgIpc) is 2.51. The lowest BCUT2D eigenvalue weighted by Gasteiger charge is -1.98. The Morgan fingerprint density at radius 3 is 2.92 bits per heavy atom. The van der Waals surface area contributed by atoms with Gasteiger partial charge in [0, 0.05) is 6.07 Å². The van der Waals surface area contributed by atoms with Crippen LogP contribution in [0.15, 0.2) is 22.3 Å². The van der Waals surface area contributed by atoms with Crippen LogP contribution in [0.4, 0.5) is 8.78 Å². The smallest absolute Gasteiger partial charge is 0.278 e. The van der Waals surface area contributed by atoms with Gasteiger partial charge >= 0.3 is 0 Å². The highest BCUT2D eigenvalue weighted by molar-refractivity contribution is 7.17. The highest BCUT2D eigenvalue weighted by Crippen LogP contribution is 2.20. The maximum absolute atomic E-state index is 12.2. The van der Waals surface area contributed by atoms with Crippen molar-refractivity contribution < 1.29 is 8.78 Å². The molecule has 0 bridgehead atoms. The zero-order valence-electron chi connectivity index (χ0n) is 6.38. The van der Waals surface area contributed by atoms with Crippen molar-refractivity contribution in [2.24, 2.45) is 0 Å². The van der Waals surface area contributed by atoms with Crippen LogP contribution >= 0.6 is 11.3 Å². The lowest BCUT2D eigenvalue weighted by Crippen LogP contribution is -2.02. The molecular weight excluding hydrogens is 196 g/mol. The Bertz CT molecular complexity index is 488. The first kappa shape index (κ1) is 8.37. The third-order valence-corrected chi connectivity index (χ3v) is 2.62. The quantitative estimate of drug-likeness (QED) is 0.755. The average molecular weight is 201 g/mol. The van der Waals surface area contributed by atoms with Crippen LogP contribution in [0.5, 0.6) is 0 Å². The van der Waals surface area contributed by atoms with Crippen molar-refractivity contribution in [2.75, 3.05) is 0 Å². The summed E-state index contributed by atoms with van der Waals surface area (Å²) in [6, 6.07) is 2.57. The summed E-state index contributed by atoms with van der Waals surface area (Å²) in [6.45, 7) is 0. The zero-order chi connectivity index (χ0) is 9.42. The molecule has 2 aromatic heterocycles. The number of fused-ring (bicyclic) bond motifs is 1. The SMILES string of the molecule is O=c1cc(C(F)F)[nH]c2ccsc12. The van der Waals surface area contributed by atoms with Gasteiger partial charge in [-0.3, -0.25) is 4.79 Å². The molecule has 0 saturated carbocycles. The van der Waals surface area contributed by atoms with Crippen molar-refractivity contribution in [1.29, 1.82) is 0 Å². The number of H-pyrrole nitrogens is 1. The van der Waals surface area contributed by atoms with Crippen molar-refractivity contribution in [3.05, 3.63) is 33.4 Å². The highest BCUT2D eigenvalue weighted by Gasteiger charge is 2.10. The number of pyridine rings is 1. The van der Waals surface area contributed by atoms with Crippen molar-refractivity contribution >= 4 is 21.6 Å². The molecule has 0 atom stereocenters. The largest absolute Gasteiger partial charge is 0.353 e. The number of alkyl halides is 2. The van der Waals surface area contributed by atoms with Crippen molar-refractivity contribution in [3.63, 3.8) is 0 Å². The Hall–Kier alpha value is -1.23. The second kappa shape index (κ2) is 2.92. The molecule has 0 saturated heterocycles. The maximum atomic E-state index is 12.2. The van der Waals surface area contributed by atoms with E-state index in [1.165, 1.54) is 11.3 Å². The number of aromatic nitrogens is 1. The van der Waals surface area contributed by atoms with Gasteiger partial charge < -0.3 is 4.98 Å². The van der Waals surface area contributed by atoms with Gasteiger partial charge in [0.25, 0.3) is 6.43 Å². The predicted molar refractivity (Wildman–Crippen MR) is 47.4 cm³/mol. The molecule has 0 aliphatic rings. The van der Waals surface area contributed by atoms with E-state index in [0.29, 0.717) is 10.2 Å². The Morgan fingerprint density at radius 1 is 1.46 bits per heavy atom. The van der Waals surface area contributed by atoms with Crippen LogP contribution in [-0.2, 0) is 0 Å². The number of halogens is 2. The van der Waals surface area contributed by atoms with Gasteiger partial charge in [-0.15, -0.1) is 11.3 Å². The summed E-state index contributed by atoms with van der Waals surface area (Å²) >= 11 is 1.25.